The molecule has 0 bridgehead atoms. The van der Waals surface area contributed by atoms with Crippen molar-refractivity contribution >= 4 is 11.0 Å². The summed E-state index contributed by atoms with van der Waals surface area (Å²) in [4.78, 5) is 4.74. The average molecular weight is 254 g/mol. The van der Waals surface area contributed by atoms with Crippen molar-refractivity contribution < 1.29 is 4.42 Å². The van der Waals surface area contributed by atoms with Crippen LogP contribution < -0.4 is 0 Å². The van der Waals surface area contributed by atoms with Crippen molar-refractivity contribution in [2.75, 3.05) is 0 Å². The van der Waals surface area contributed by atoms with Crippen molar-refractivity contribution in [1.29, 1.82) is 0 Å². The fourth-order valence-electron chi connectivity index (χ4n) is 2.38. The van der Waals surface area contributed by atoms with E-state index in [4.69, 9.17) is 9.40 Å². The summed E-state index contributed by atoms with van der Waals surface area (Å²) in [6, 6.07) is 10.3. The quantitative estimate of drug-likeness (QED) is 0.690. The lowest BCUT2D eigenvalue weighted by molar-refractivity contribution is 0.565. The molecule has 0 amide bonds. The smallest absolute Gasteiger partial charge is 0.177 e. The lowest BCUT2D eigenvalue weighted by Gasteiger charge is -2.06. The first-order valence-electron chi connectivity index (χ1n) is 6.80. The van der Waals surface area contributed by atoms with Crippen LogP contribution in [-0.2, 0) is 6.54 Å². The molecule has 0 aliphatic carbocycles. The first kappa shape index (κ1) is 12.0. The Labute approximate surface area is 112 Å². The predicted molar refractivity (Wildman–Crippen MR) is 77.1 cm³/mol. The summed E-state index contributed by atoms with van der Waals surface area (Å²) in [6.07, 6.45) is 4.01. The third kappa shape index (κ3) is 2.16. The second kappa shape index (κ2) is 4.92. The highest BCUT2D eigenvalue weighted by Crippen LogP contribution is 2.26. The minimum absolute atomic E-state index is 0.838. The Morgan fingerprint density at radius 3 is 2.89 bits per heavy atom. The van der Waals surface area contributed by atoms with Crippen LogP contribution in [0.4, 0.5) is 0 Å². The summed E-state index contributed by atoms with van der Waals surface area (Å²) in [5, 5.41) is 0. The zero-order valence-corrected chi connectivity index (χ0v) is 11.4. The van der Waals surface area contributed by atoms with Gasteiger partial charge in [0, 0.05) is 6.54 Å². The van der Waals surface area contributed by atoms with Crippen LogP contribution in [0.25, 0.3) is 22.6 Å². The molecule has 98 valence electrons. The molecule has 1 aromatic carbocycles. The first-order chi connectivity index (χ1) is 9.29. The molecule has 0 fully saturated rings. The molecule has 19 heavy (non-hydrogen) atoms. The van der Waals surface area contributed by atoms with Gasteiger partial charge in [-0.3, -0.25) is 0 Å². The van der Waals surface area contributed by atoms with Gasteiger partial charge in [-0.1, -0.05) is 19.4 Å². The molecule has 0 aliphatic rings. The highest BCUT2D eigenvalue weighted by Gasteiger charge is 2.14. The number of hydrogen-bond donors (Lipinski definition) is 0. The molecule has 0 saturated carbocycles. The standard InChI is InChI=1S/C16H18N2O/c1-3-4-9-18-14-8-7-12(2)11-13(14)17-16(18)15-6-5-10-19-15/h5-8,10-11H,3-4,9H2,1-2H3. The van der Waals surface area contributed by atoms with Gasteiger partial charge in [-0.25, -0.2) is 4.98 Å². The number of hydrogen-bond acceptors (Lipinski definition) is 2. The molecule has 2 aromatic heterocycles. The summed E-state index contributed by atoms with van der Waals surface area (Å²) in [5.41, 5.74) is 3.46. The number of rotatable bonds is 4. The molecule has 0 radical (unpaired) electrons. The molecule has 0 saturated heterocycles. The van der Waals surface area contributed by atoms with Crippen LogP contribution in [0.3, 0.4) is 0 Å². The molecule has 2 heterocycles. The van der Waals surface area contributed by atoms with Crippen molar-refractivity contribution in [3.63, 3.8) is 0 Å². The maximum Gasteiger partial charge on any atom is 0.177 e. The van der Waals surface area contributed by atoms with Crippen molar-refractivity contribution in [2.24, 2.45) is 0 Å². The topological polar surface area (TPSA) is 31.0 Å². The Morgan fingerprint density at radius 1 is 1.26 bits per heavy atom. The number of aromatic nitrogens is 2. The third-order valence-electron chi connectivity index (χ3n) is 3.38. The van der Waals surface area contributed by atoms with Gasteiger partial charge in [0.1, 0.15) is 0 Å². The maximum absolute atomic E-state index is 5.52. The van der Waals surface area contributed by atoms with Crippen LogP contribution in [-0.4, -0.2) is 9.55 Å². The van der Waals surface area contributed by atoms with Gasteiger partial charge < -0.3 is 8.98 Å². The number of fused-ring (bicyclic) bond motifs is 1. The summed E-state index contributed by atoms with van der Waals surface area (Å²) in [5.74, 6) is 1.77. The zero-order chi connectivity index (χ0) is 13.2. The van der Waals surface area contributed by atoms with Gasteiger partial charge in [0.05, 0.1) is 17.3 Å². The normalized spacial score (nSPS) is 11.3. The number of imidazole rings is 1. The van der Waals surface area contributed by atoms with E-state index in [2.05, 4.69) is 36.6 Å². The van der Waals surface area contributed by atoms with Gasteiger partial charge in [0.15, 0.2) is 11.6 Å². The molecule has 3 rings (SSSR count). The van der Waals surface area contributed by atoms with Crippen LogP contribution in [0.2, 0.25) is 0 Å². The molecule has 3 aromatic rings. The number of aryl methyl sites for hydroxylation is 2. The van der Waals surface area contributed by atoms with Gasteiger partial charge in [0.25, 0.3) is 0 Å². The Hall–Kier alpha value is -2.03. The lowest BCUT2D eigenvalue weighted by atomic mass is 10.2. The van der Waals surface area contributed by atoms with Crippen molar-refractivity contribution in [3.05, 3.63) is 42.2 Å². The molecule has 0 unspecified atom stereocenters. The fourth-order valence-corrected chi connectivity index (χ4v) is 2.38. The highest BCUT2D eigenvalue weighted by atomic mass is 16.3. The molecule has 0 spiro atoms. The maximum atomic E-state index is 5.52. The largest absolute Gasteiger partial charge is 0.461 e. The Kier molecular flexibility index (Phi) is 3.11. The Bertz CT molecular complexity index is 680. The molecule has 3 heteroatoms. The molecule has 3 nitrogen and oxygen atoms in total. The van der Waals surface area contributed by atoms with Crippen molar-refractivity contribution in [2.45, 2.75) is 33.2 Å². The van der Waals surface area contributed by atoms with Gasteiger partial charge in [-0.15, -0.1) is 0 Å². The van der Waals surface area contributed by atoms with Crippen LogP contribution >= 0.6 is 0 Å². The lowest BCUT2D eigenvalue weighted by Crippen LogP contribution is -1.99. The Morgan fingerprint density at radius 2 is 2.16 bits per heavy atom. The monoisotopic (exact) mass is 254 g/mol. The molecule has 0 N–H and O–H groups in total. The van der Waals surface area contributed by atoms with Crippen LogP contribution in [0, 0.1) is 6.92 Å². The van der Waals surface area contributed by atoms with Crippen molar-refractivity contribution in [3.8, 4) is 11.6 Å². The van der Waals surface area contributed by atoms with Crippen LogP contribution in [0.15, 0.2) is 41.0 Å². The van der Waals surface area contributed by atoms with Gasteiger partial charge >= 0.3 is 0 Å². The number of furan rings is 1. The van der Waals surface area contributed by atoms with Crippen LogP contribution in [0.1, 0.15) is 25.3 Å². The summed E-state index contributed by atoms with van der Waals surface area (Å²) < 4.78 is 7.78. The number of nitrogens with zero attached hydrogens (tertiary/aromatic N) is 2. The molecular formula is C16H18N2O. The van der Waals surface area contributed by atoms with E-state index in [1.807, 2.05) is 12.1 Å². The number of benzene rings is 1. The summed E-state index contributed by atoms with van der Waals surface area (Å²) in [6.45, 7) is 5.28. The van der Waals surface area contributed by atoms with E-state index >= 15 is 0 Å². The van der Waals surface area contributed by atoms with E-state index in [0.29, 0.717) is 0 Å². The van der Waals surface area contributed by atoms with E-state index in [-0.39, 0.29) is 0 Å². The molecule has 0 aliphatic heterocycles. The third-order valence-corrected chi connectivity index (χ3v) is 3.38. The highest BCUT2D eigenvalue weighted by molar-refractivity contribution is 5.80. The van der Waals surface area contributed by atoms with Crippen molar-refractivity contribution in [1.82, 2.24) is 9.55 Å². The SMILES string of the molecule is CCCCn1c(-c2ccco2)nc2cc(C)ccc21. The van der Waals surface area contributed by atoms with E-state index < -0.39 is 0 Å². The van der Waals surface area contributed by atoms with Gasteiger partial charge in [-0.05, 0) is 43.2 Å². The Balaban J connectivity index is 2.18. The summed E-state index contributed by atoms with van der Waals surface area (Å²) in [7, 11) is 0. The minimum atomic E-state index is 0.838. The predicted octanol–water partition coefficient (Wildman–Crippen LogP) is 4.40. The second-order valence-corrected chi connectivity index (χ2v) is 4.91. The first-order valence-corrected chi connectivity index (χ1v) is 6.80. The van der Waals surface area contributed by atoms with E-state index in [1.165, 1.54) is 17.5 Å². The van der Waals surface area contributed by atoms with E-state index in [0.717, 1.165) is 30.1 Å². The zero-order valence-electron chi connectivity index (χ0n) is 11.4. The summed E-state index contributed by atoms with van der Waals surface area (Å²) >= 11 is 0. The molecular weight excluding hydrogens is 236 g/mol. The van der Waals surface area contributed by atoms with Gasteiger partial charge in [-0.2, -0.15) is 0 Å². The van der Waals surface area contributed by atoms with E-state index in [9.17, 15) is 0 Å². The van der Waals surface area contributed by atoms with Gasteiger partial charge in [0.2, 0.25) is 0 Å². The second-order valence-electron chi connectivity index (χ2n) is 4.91. The van der Waals surface area contributed by atoms with E-state index in [1.54, 1.807) is 6.26 Å². The minimum Gasteiger partial charge on any atom is -0.461 e. The van der Waals surface area contributed by atoms with Crippen LogP contribution in [0.5, 0.6) is 0 Å². The average Bonchev–Trinajstić information content (AvgIpc) is 3.02. The fraction of sp³-hybridized carbons (Fsp3) is 0.312. The number of unbranched alkanes of at least 4 members (excludes halogenated alkanes) is 1. The molecule has 0 atom stereocenters.